The zero-order valence-electron chi connectivity index (χ0n) is 28.8. The molecule has 3 heterocycles. The molecule has 0 fully saturated rings. The molecule has 0 N–H and O–H groups in total. The third kappa shape index (κ3) is 4.33. The maximum absolute atomic E-state index is 6.95. The summed E-state index contributed by atoms with van der Waals surface area (Å²) >= 11 is 0. The van der Waals surface area contributed by atoms with Gasteiger partial charge in [0.15, 0.2) is 16.6 Å². The van der Waals surface area contributed by atoms with Crippen molar-refractivity contribution in [2.75, 3.05) is 0 Å². The third-order valence-corrected chi connectivity index (χ3v) is 10.3. The molecule has 6 aromatic carbocycles. The van der Waals surface area contributed by atoms with Gasteiger partial charge >= 0.3 is 0 Å². The van der Waals surface area contributed by atoms with Crippen LogP contribution in [0.5, 0.6) is 0 Å². The molecule has 0 aliphatic heterocycles. The number of hydrogen-bond acceptors (Lipinski definition) is 2. The van der Waals surface area contributed by atoms with Crippen molar-refractivity contribution < 1.29 is 13.4 Å². The number of nitrogens with zero attached hydrogens (tertiary/aromatic N) is 2. The highest BCUT2D eigenvalue weighted by molar-refractivity contribution is 6.11. The van der Waals surface area contributed by atoms with E-state index in [9.17, 15) is 0 Å². The van der Waals surface area contributed by atoms with Crippen LogP contribution >= 0.6 is 0 Å². The Morgan fingerprint density at radius 3 is 2.14 bits per heavy atom. The minimum atomic E-state index is 0.232. The van der Waals surface area contributed by atoms with Gasteiger partial charge in [0.25, 0.3) is 5.82 Å². The van der Waals surface area contributed by atoms with Crippen LogP contribution in [0.1, 0.15) is 56.2 Å². The van der Waals surface area contributed by atoms with Crippen LogP contribution in [0.3, 0.4) is 0 Å². The summed E-state index contributed by atoms with van der Waals surface area (Å²) in [5.74, 6) is 1.59. The van der Waals surface area contributed by atoms with Gasteiger partial charge in [-0.05, 0) is 71.8 Å². The van der Waals surface area contributed by atoms with Crippen molar-refractivity contribution in [2.24, 2.45) is 7.05 Å². The minimum Gasteiger partial charge on any atom is -0.456 e. The van der Waals surface area contributed by atoms with Crippen LogP contribution in [-0.2, 0) is 7.05 Å². The Balaban J connectivity index is 1.43. The summed E-state index contributed by atoms with van der Waals surface area (Å²) in [6.45, 7) is 11.4. The summed E-state index contributed by atoms with van der Waals surface area (Å²) in [4.78, 5) is 0. The summed E-state index contributed by atoms with van der Waals surface area (Å²) in [6, 6.07) is 41.1. The topological polar surface area (TPSA) is 35.1 Å². The van der Waals surface area contributed by atoms with Crippen LogP contribution in [0.4, 0.5) is 0 Å². The summed E-state index contributed by atoms with van der Waals surface area (Å²) in [7, 11) is 2.19. The van der Waals surface area contributed by atoms with Gasteiger partial charge in [-0.25, -0.2) is 4.57 Å². The first-order chi connectivity index (χ1) is 23.8. The first-order valence-corrected chi connectivity index (χ1v) is 17.3. The van der Waals surface area contributed by atoms with Gasteiger partial charge in [0.05, 0.1) is 7.05 Å². The molecule has 0 radical (unpaired) electrons. The Hall–Kier alpha value is -5.61. The molecule has 0 saturated carbocycles. The van der Waals surface area contributed by atoms with Gasteiger partial charge in [0, 0.05) is 32.7 Å². The molecule has 9 aromatic rings. The number of hydrogen-bond donors (Lipinski definition) is 0. The molecule has 4 nitrogen and oxygen atoms in total. The SMILES string of the molecule is Cc1ccc2c(oc3cc(-c4ccccc4)ccc32)c1-c1n(-c2c(C(C)C)cc3oc4ccccc4c3c2C(C)C)c2ccccc2[n+]1C. The van der Waals surface area contributed by atoms with Crippen LogP contribution in [-0.4, -0.2) is 4.57 Å². The summed E-state index contributed by atoms with van der Waals surface area (Å²) in [5, 5.41) is 4.60. The van der Waals surface area contributed by atoms with Gasteiger partial charge in [-0.3, -0.25) is 0 Å². The maximum atomic E-state index is 6.95. The number of benzene rings is 6. The van der Waals surface area contributed by atoms with E-state index in [2.05, 4.69) is 166 Å². The van der Waals surface area contributed by atoms with E-state index < -0.39 is 0 Å². The molecule has 0 unspecified atom stereocenters. The number of imidazole rings is 1. The van der Waals surface area contributed by atoms with Crippen molar-refractivity contribution in [1.29, 1.82) is 0 Å². The standard InChI is InChI=1S/C45H39N2O2/c1-26(2)34-25-39-42(33-16-10-13-19-37(33)48-39)40(27(3)4)43(34)47-36-18-12-11-17-35(36)46(6)45(47)41-28(5)20-22-32-31-23-21-30(24-38(31)49-44(32)41)29-14-8-7-9-15-29/h7-27H,1-6H3/q+1. The average molecular weight is 640 g/mol. The molecule has 0 aliphatic carbocycles. The summed E-state index contributed by atoms with van der Waals surface area (Å²) < 4.78 is 18.4. The number of aromatic nitrogens is 2. The van der Waals surface area contributed by atoms with Crippen molar-refractivity contribution in [1.82, 2.24) is 4.57 Å². The van der Waals surface area contributed by atoms with Gasteiger partial charge in [0.2, 0.25) is 0 Å². The fraction of sp³-hybridized carbons (Fsp3) is 0.178. The van der Waals surface area contributed by atoms with E-state index in [1.807, 2.05) is 0 Å². The Bertz CT molecular complexity index is 2740. The molecule has 0 atom stereocenters. The third-order valence-electron chi connectivity index (χ3n) is 10.3. The van der Waals surface area contributed by atoms with Gasteiger partial charge in [-0.15, -0.1) is 0 Å². The van der Waals surface area contributed by atoms with Crippen LogP contribution in [0.2, 0.25) is 0 Å². The zero-order chi connectivity index (χ0) is 33.6. The Morgan fingerprint density at radius 1 is 0.612 bits per heavy atom. The number of para-hydroxylation sites is 3. The largest absolute Gasteiger partial charge is 0.456 e. The Kier molecular flexibility index (Phi) is 6.61. The molecule has 49 heavy (non-hydrogen) atoms. The molecule has 0 spiro atoms. The van der Waals surface area contributed by atoms with Crippen molar-refractivity contribution in [3.63, 3.8) is 0 Å². The fourth-order valence-corrected chi connectivity index (χ4v) is 8.03. The second-order valence-corrected chi connectivity index (χ2v) is 14.0. The smallest absolute Gasteiger partial charge is 0.299 e. The average Bonchev–Trinajstić information content (AvgIpc) is 3.76. The van der Waals surface area contributed by atoms with Crippen molar-refractivity contribution >= 4 is 54.9 Å². The lowest BCUT2D eigenvalue weighted by Crippen LogP contribution is -2.30. The quantitative estimate of drug-likeness (QED) is 0.176. The lowest BCUT2D eigenvalue weighted by atomic mass is 9.88. The number of aryl methyl sites for hydroxylation is 2. The second kappa shape index (κ2) is 11.0. The van der Waals surface area contributed by atoms with E-state index in [4.69, 9.17) is 8.83 Å². The molecule has 4 heteroatoms. The van der Waals surface area contributed by atoms with Crippen LogP contribution in [0.25, 0.3) is 83.1 Å². The monoisotopic (exact) mass is 639 g/mol. The maximum Gasteiger partial charge on any atom is 0.299 e. The Labute approximate surface area is 285 Å². The van der Waals surface area contributed by atoms with Crippen LogP contribution in [0.15, 0.2) is 124 Å². The summed E-state index contributed by atoms with van der Waals surface area (Å²) in [5.41, 5.74) is 14.4. The van der Waals surface area contributed by atoms with Gasteiger partial charge < -0.3 is 8.83 Å². The van der Waals surface area contributed by atoms with E-state index in [0.29, 0.717) is 0 Å². The predicted molar refractivity (Wildman–Crippen MR) is 203 cm³/mol. The van der Waals surface area contributed by atoms with Gasteiger partial charge in [-0.2, -0.15) is 4.57 Å². The van der Waals surface area contributed by atoms with Crippen LogP contribution in [0, 0.1) is 6.92 Å². The van der Waals surface area contributed by atoms with Crippen LogP contribution < -0.4 is 4.57 Å². The molecule has 0 aliphatic rings. The second-order valence-electron chi connectivity index (χ2n) is 14.0. The fourth-order valence-electron chi connectivity index (χ4n) is 8.03. The van der Waals surface area contributed by atoms with Crippen molar-refractivity contribution in [3.05, 3.63) is 132 Å². The molecule has 0 saturated heterocycles. The van der Waals surface area contributed by atoms with E-state index >= 15 is 0 Å². The molecule has 0 amide bonds. The lowest BCUT2D eigenvalue weighted by molar-refractivity contribution is -0.633. The highest BCUT2D eigenvalue weighted by Crippen LogP contribution is 2.46. The van der Waals surface area contributed by atoms with Crippen molar-refractivity contribution in [3.8, 4) is 28.2 Å². The van der Waals surface area contributed by atoms with Crippen molar-refractivity contribution in [2.45, 2.75) is 46.5 Å². The highest BCUT2D eigenvalue weighted by Gasteiger charge is 2.35. The van der Waals surface area contributed by atoms with E-state index in [0.717, 1.165) is 66.5 Å². The molecular weight excluding hydrogens is 601 g/mol. The number of furan rings is 2. The number of rotatable bonds is 5. The molecular formula is C45H39N2O2+. The van der Waals surface area contributed by atoms with E-state index in [-0.39, 0.29) is 11.8 Å². The lowest BCUT2D eigenvalue weighted by Gasteiger charge is -2.20. The molecule has 3 aromatic heterocycles. The van der Waals surface area contributed by atoms with E-state index in [1.54, 1.807) is 0 Å². The van der Waals surface area contributed by atoms with E-state index in [1.165, 1.54) is 33.3 Å². The first-order valence-electron chi connectivity index (χ1n) is 17.3. The first kappa shape index (κ1) is 29.5. The molecule has 9 rings (SSSR count). The van der Waals surface area contributed by atoms with Gasteiger partial charge in [0.1, 0.15) is 28.0 Å². The van der Waals surface area contributed by atoms with Gasteiger partial charge in [-0.1, -0.05) is 107 Å². The predicted octanol–water partition coefficient (Wildman–Crippen LogP) is 12.1. The zero-order valence-corrected chi connectivity index (χ0v) is 28.8. The highest BCUT2D eigenvalue weighted by atomic mass is 16.3. The molecule has 240 valence electrons. The number of fused-ring (bicyclic) bond motifs is 7. The Morgan fingerprint density at radius 2 is 1.35 bits per heavy atom. The minimum absolute atomic E-state index is 0.232. The molecule has 0 bridgehead atoms. The summed E-state index contributed by atoms with van der Waals surface area (Å²) in [6.07, 6.45) is 0. The normalized spacial score (nSPS) is 12.2.